The molecule has 1 aliphatic carbocycles. The average Bonchev–Trinajstić information content (AvgIpc) is 2.96. The highest BCUT2D eigenvalue weighted by molar-refractivity contribution is 7.18. The number of rotatable bonds is 4. The quantitative estimate of drug-likeness (QED) is 0.791. The van der Waals surface area contributed by atoms with E-state index in [1.165, 1.54) is 6.07 Å². The number of hydrogen-bond donors (Lipinski definition) is 3. The van der Waals surface area contributed by atoms with E-state index < -0.39 is 12.7 Å². The maximum atomic E-state index is 12.0. The summed E-state index contributed by atoms with van der Waals surface area (Å²) in [5.41, 5.74) is 5.80. The second-order valence-corrected chi connectivity index (χ2v) is 5.16. The van der Waals surface area contributed by atoms with Crippen LogP contribution in [-0.4, -0.2) is 24.7 Å². The highest BCUT2D eigenvalue weighted by atomic mass is 32.1. The molecular formula is C10H12F3N3OS. The molecule has 1 aromatic rings. The van der Waals surface area contributed by atoms with Gasteiger partial charge < -0.3 is 16.4 Å². The minimum absolute atomic E-state index is 0.186. The normalized spacial score (nSPS) is 15.5. The number of nitrogens with one attached hydrogen (secondary N) is 2. The van der Waals surface area contributed by atoms with Gasteiger partial charge in [-0.2, -0.15) is 13.2 Å². The lowest BCUT2D eigenvalue weighted by Gasteiger charge is -2.06. The minimum Gasteiger partial charge on any atom is -0.397 e. The maximum Gasteiger partial charge on any atom is 0.405 e. The van der Waals surface area contributed by atoms with E-state index in [-0.39, 0.29) is 27.5 Å². The van der Waals surface area contributed by atoms with Gasteiger partial charge in [-0.1, -0.05) is 0 Å². The van der Waals surface area contributed by atoms with Gasteiger partial charge in [0.1, 0.15) is 11.4 Å². The van der Waals surface area contributed by atoms with Crippen molar-refractivity contribution >= 4 is 27.9 Å². The number of alkyl halides is 3. The first-order valence-electron chi connectivity index (χ1n) is 5.36. The first-order valence-corrected chi connectivity index (χ1v) is 6.17. The molecule has 100 valence electrons. The van der Waals surface area contributed by atoms with E-state index in [1.807, 2.05) is 0 Å². The van der Waals surface area contributed by atoms with Gasteiger partial charge in [0.2, 0.25) is 0 Å². The van der Waals surface area contributed by atoms with Crippen LogP contribution < -0.4 is 16.4 Å². The Bertz CT molecular complexity index is 454. The Balaban J connectivity index is 1.99. The van der Waals surface area contributed by atoms with E-state index in [9.17, 15) is 18.0 Å². The molecule has 0 saturated heterocycles. The second-order valence-electron chi connectivity index (χ2n) is 4.11. The zero-order valence-electron chi connectivity index (χ0n) is 9.30. The van der Waals surface area contributed by atoms with Crippen LogP contribution in [0.5, 0.6) is 0 Å². The van der Waals surface area contributed by atoms with Crippen molar-refractivity contribution in [2.75, 3.05) is 17.6 Å². The molecule has 0 unspecified atom stereocenters. The molecular weight excluding hydrogens is 267 g/mol. The predicted octanol–water partition coefficient (Wildman–Crippen LogP) is 2.20. The number of amides is 1. The van der Waals surface area contributed by atoms with Gasteiger partial charge in [-0.05, 0) is 18.9 Å². The van der Waals surface area contributed by atoms with E-state index in [1.54, 1.807) is 0 Å². The van der Waals surface area contributed by atoms with E-state index in [0.29, 0.717) is 0 Å². The van der Waals surface area contributed by atoms with Gasteiger partial charge in [0.05, 0.1) is 10.7 Å². The molecule has 0 atom stereocenters. The molecule has 1 heterocycles. The lowest BCUT2D eigenvalue weighted by molar-refractivity contribution is -0.115. The SMILES string of the molecule is Nc1cc(NCC(F)(F)F)sc1C(=O)NC1CC1. The van der Waals surface area contributed by atoms with Crippen molar-refractivity contribution in [3.63, 3.8) is 0 Å². The molecule has 0 spiro atoms. The van der Waals surface area contributed by atoms with E-state index in [4.69, 9.17) is 5.73 Å². The third-order valence-electron chi connectivity index (χ3n) is 2.34. The van der Waals surface area contributed by atoms with Gasteiger partial charge in [-0.3, -0.25) is 4.79 Å². The van der Waals surface area contributed by atoms with Gasteiger partial charge in [0.15, 0.2) is 0 Å². The van der Waals surface area contributed by atoms with E-state index in [0.717, 1.165) is 24.2 Å². The Hall–Kier alpha value is -1.44. The zero-order valence-corrected chi connectivity index (χ0v) is 10.1. The summed E-state index contributed by atoms with van der Waals surface area (Å²) in [7, 11) is 0. The van der Waals surface area contributed by atoms with Crippen LogP contribution >= 0.6 is 11.3 Å². The molecule has 0 bridgehead atoms. The number of anilines is 2. The second kappa shape index (κ2) is 4.68. The summed E-state index contributed by atoms with van der Waals surface area (Å²) in [5, 5.41) is 5.18. The summed E-state index contributed by atoms with van der Waals surface area (Å²) in [6, 6.07) is 1.53. The molecule has 1 aromatic heterocycles. The lowest BCUT2D eigenvalue weighted by Crippen LogP contribution is -2.25. The first-order chi connectivity index (χ1) is 8.35. The fraction of sp³-hybridized carbons (Fsp3) is 0.500. The van der Waals surface area contributed by atoms with Crippen LogP contribution in [0, 0.1) is 0 Å². The van der Waals surface area contributed by atoms with Crippen molar-refractivity contribution in [2.24, 2.45) is 0 Å². The summed E-state index contributed by atoms with van der Waals surface area (Å²) < 4.78 is 36.1. The van der Waals surface area contributed by atoms with Crippen LogP contribution in [0.15, 0.2) is 6.07 Å². The fourth-order valence-corrected chi connectivity index (χ4v) is 2.21. The maximum absolute atomic E-state index is 12.0. The molecule has 1 saturated carbocycles. The summed E-state index contributed by atoms with van der Waals surface area (Å²) in [6.07, 6.45) is -2.42. The molecule has 2 rings (SSSR count). The zero-order chi connectivity index (χ0) is 13.3. The van der Waals surface area contributed by atoms with E-state index >= 15 is 0 Å². The highest BCUT2D eigenvalue weighted by Crippen LogP contribution is 2.31. The minimum atomic E-state index is -4.30. The summed E-state index contributed by atoms with van der Waals surface area (Å²) in [5.74, 6) is -0.319. The largest absolute Gasteiger partial charge is 0.405 e. The lowest BCUT2D eigenvalue weighted by atomic mass is 10.3. The third kappa shape index (κ3) is 3.52. The van der Waals surface area contributed by atoms with Crippen LogP contribution in [0.25, 0.3) is 0 Å². The van der Waals surface area contributed by atoms with Crippen molar-refractivity contribution in [1.29, 1.82) is 0 Å². The van der Waals surface area contributed by atoms with Crippen LogP contribution in [0.3, 0.4) is 0 Å². The summed E-state index contributed by atoms with van der Waals surface area (Å²) in [4.78, 5) is 12.0. The summed E-state index contributed by atoms with van der Waals surface area (Å²) >= 11 is 0.930. The van der Waals surface area contributed by atoms with Crippen molar-refractivity contribution in [3.05, 3.63) is 10.9 Å². The van der Waals surface area contributed by atoms with Gasteiger partial charge in [-0.15, -0.1) is 11.3 Å². The van der Waals surface area contributed by atoms with Crippen LogP contribution in [0.2, 0.25) is 0 Å². The average molecular weight is 279 g/mol. The van der Waals surface area contributed by atoms with E-state index in [2.05, 4.69) is 10.6 Å². The van der Waals surface area contributed by atoms with Gasteiger partial charge >= 0.3 is 6.18 Å². The number of nitrogen functional groups attached to an aromatic ring is 1. The number of hydrogen-bond acceptors (Lipinski definition) is 4. The molecule has 18 heavy (non-hydrogen) atoms. The molecule has 4 nitrogen and oxygen atoms in total. The van der Waals surface area contributed by atoms with Gasteiger partial charge in [0.25, 0.3) is 5.91 Å². The standard InChI is InChI=1S/C10H12F3N3OS/c11-10(12,13)4-15-7-3-6(14)8(18-7)9(17)16-5-1-2-5/h3,5,15H,1-2,4,14H2,(H,16,17). The topological polar surface area (TPSA) is 67.1 Å². The Labute approximate surface area is 105 Å². The predicted molar refractivity (Wildman–Crippen MR) is 63.8 cm³/mol. The molecule has 0 aliphatic heterocycles. The number of carbonyl (C=O) groups is 1. The smallest absolute Gasteiger partial charge is 0.397 e. The van der Waals surface area contributed by atoms with Crippen LogP contribution in [-0.2, 0) is 0 Å². The number of nitrogens with two attached hydrogens (primary N) is 1. The monoisotopic (exact) mass is 279 g/mol. The molecule has 0 radical (unpaired) electrons. The Morgan fingerprint density at radius 1 is 1.50 bits per heavy atom. The van der Waals surface area contributed by atoms with Crippen LogP contribution in [0.4, 0.5) is 23.9 Å². The van der Waals surface area contributed by atoms with Crippen LogP contribution in [0.1, 0.15) is 22.5 Å². The molecule has 8 heteroatoms. The number of carbonyl (C=O) groups excluding carboxylic acids is 1. The Morgan fingerprint density at radius 2 is 2.17 bits per heavy atom. The first kappa shape index (κ1) is 13.0. The van der Waals surface area contributed by atoms with Gasteiger partial charge in [-0.25, -0.2) is 0 Å². The van der Waals surface area contributed by atoms with Gasteiger partial charge in [0, 0.05) is 6.04 Å². The molecule has 1 fully saturated rings. The Kier molecular flexibility index (Phi) is 3.38. The molecule has 4 N–H and O–H groups in total. The van der Waals surface area contributed by atoms with Crippen molar-refractivity contribution < 1.29 is 18.0 Å². The highest BCUT2D eigenvalue weighted by Gasteiger charge is 2.28. The van der Waals surface area contributed by atoms with Crippen molar-refractivity contribution in [3.8, 4) is 0 Å². The molecule has 1 aliphatic rings. The number of thiophene rings is 1. The van der Waals surface area contributed by atoms with Crippen molar-refractivity contribution in [2.45, 2.75) is 25.1 Å². The number of halogens is 3. The fourth-order valence-electron chi connectivity index (χ4n) is 1.34. The Morgan fingerprint density at radius 3 is 2.72 bits per heavy atom. The third-order valence-corrected chi connectivity index (χ3v) is 3.45. The molecule has 1 amide bonds. The summed E-state index contributed by atoms with van der Waals surface area (Å²) in [6.45, 7) is -1.14. The molecule has 0 aromatic carbocycles. The van der Waals surface area contributed by atoms with Crippen molar-refractivity contribution in [1.82, 2.24) is 5.32 Å².